The molecule has 3 rings (SSSR count). The van der Waals surface area contributed by atoms with E-state index in [1.807, 2.05) is 11.8 Å². The highest BCUT2D eigenvalue weighted by atomic mass is 32.2. The Hall–Kier alpha value is -1.00. The van der Waals surface area contributed by atoms with E-state index in [1.54, 1.807) is 0 Å². The Bertz CT molecular complexity index is 538. The number of carbonyl (C=O) groups excluding carboxylic acids is 1. The summed E-state index contributed by atoms with van der Waals surface area (Å²) in [5.41, 5.74) is 2.90. The molecule has 2 N–H and O–H groups in total. The van der Waals surface area contributed by atoms with Crippen molar-refractivity contribution in [3.05, 3.63) is 35.4 Å². The number of fused-ring (bicyclic) bond motifs is 1. The monoisotopic (exact) mass is 318 g/mol. The van der Waals surface area contributed by atoms with Crippen LogP contribution in [-0.2, 0) is 10.2 Å². The molecule has 2 aliphatic rings. The number of benzene rings is 1. The third-order valence-corrected chi connectivity index (χ3v) is 6.02. The fourth-order valence-electron chi connectivity index (χ4n) is 3.59. The third-order valence-electron chi connectivity index (χ3n) is 4.89. The predicted molar refractivity (Wildman–Crippen MR) is 93.3 cm³/mol. The second-order valence-corrected chi connectivity index (χ2v) is 8.21. The molecule has 1 aromatic carbocycles. The zero-order chi connectivity index (χ0) is 15.6. The third kappa shape index (κ3) is 3.49. The van der Waals surface area contributed by atoms with Gasteiger partial charge in [0.25, 0.3) is 0 Å². The summed E-state index contributed by atoms with van der Waals surface area (Å²) < 4.78 is 0. The standard InChI is InChI=1S/C18H26N2OS/c1-18(2)8-7-16(14-5-3-4-6-15(14)18)20-17(21)11-13-12-22-10-9-19-13/h3-6,13,16,19H,7-12H2,1-2H3,(H,20,21). The topological polar surface area (TPSA) is 41.1 Å². The van der Waals surface area contributed by atoms with Crippen molar-refractivity contribution >= 4 is 17.7 Å². The molecule has 1 aromatic rings. The minimum absolute atomic E-state index is 0.174. The molecule has 3 nitrogen and oxygen atoms in total. The van der Waals surface area contributed by atoms with Crippen molar-refractivity contribution in [2.24, 2.45) is 0 Å². The SMILES string of the molecule is CC1(C)CCC(NC(=O)CC2CSCCN2)c2ccccc21. The molecule has 0 bridgehead atoms. The molecule has 1 saturated heterocycles. The van der Waals surface area contributed by atoms with Crippen LogP contribution in [0.3, 0.4) is 0 Å². The summed E-state index contributed by atoms with van der Waals surface area (Å²) >= 11 is 1.94. The zero-order valence-electron chi connectivity index (χ0n) is 13.5. The summed E-state index contributed by atoms with van der Waals surface area (Å²) in [6, 6.07) is 9.08. The van der Waals surface area contributed by atoms with Crippen LogP contribution in [0.15, 0.2) is 24.3 Å². The van der Waals surface area contributed by atoms with Crippen LogP contribution in [0.25, 0.3) is 0 Å². The lowest BCUT2D eigenvalue weighted by atomic mass is 9.71. The van der Waals surface area contributed by atoms with Crippen LogP contribution >= 0.6 is 11.8 Å². The van der Waals surface area contributed by atoms with Crippen molar-refractivity contribution in [3.8, 4) is 0 Å². The predicted octanol–water partition coefficient (Wildman–Crippen LogP) is 3.01. The number of thioether (sulfide) groups is 1. The van der Waals surface area contributed by atoms with Crippen molar-refractivity contribution in [1.29, 1.82) is 0 Å². The van der Waals surface area contributed by atoms with Crippen LogP contribution in [0.2, 0.25) is 0 Å². The minimum atomic E-state index is 0.174. The Morgan fingerprint density at radius 2 is 2.23 bits per heavy atom. The Kier molecular flexibility index (Phi) is 4.79. The van der Waals surface area contributed by atoms with Crippen molar-refractivity contribution in [2.75, 3.05) is 18.1 Å². The molecule has 0 aromatic heterocycles. The number of carbonyl (C=O) groups is 1. The van der Waals surface area contributed by atoms with E-state index >= 15 is 0 Å². The van der Waals surface area contributed by atoms with E-state index in [4.69, 9.17) is 0 Å². The quantitative estimate of drug-likeness (QED) is 0.900. The average molecular weight is 318 g/mol. The lowest BCUT2D eigenvalue weighted by Gasteiger charge is -2.37. The molecule has 22 heavy (non-hydrogen) atoms. The van der Waals surface area contributed by atoms with Gasteiger partial charge in [0.05, 0.1) is 6.04 Å². The Labute approximate surface area is 137 Å². The van der Waals surface area contributed by atoms with Gasteiger partial charge in [-0.15, -0.1) is 0 Å². The van der Waals surface area contributed by atoms with Gasteiger partial charge in [0, 0.05) is 30.5 Å². The summed E-state index contributed by atoms with van der Waals surface area (Å²) in [6.45, 7) is 5.61. The fraction of sp³-hybridized carbons (Fsp3) is 0.611. The molecule has 2 unspecified atom stereocenters. The number of hydrogen-bond acceptors (Lipinski definition) is 3. The summed E-state index contributed by atoms with van der Waals surface area (Å²) in [5.74, 6) is 2.38. The number of nitrogens with one attached hydrogen (secondary N) is 2. The van der Waals surface area contributed by atoms with E-state index in [1.165, 1.54) is 11.1 Å². The van der Waals surface area contributed by atoms with Crippen LogP contribution in [0.4, 0.5) is 0 Å². The van der Waals surface area contributed by atoms with Gasteiger partial charge in [-0.3, -0.25) is 4.79 Å². The maximum absolute atomic E-state index is 12.4. The zero-order valence-corrected chi connectivity index (χ0v) is 14.3. The number of hydrogen-bond donors (Lipinski definition) is 2. The maximum atomic E-state index is 12.4. The van der Waals surface area contributed by atoms with Gasteiger partial charge in [-0.1, -0.05) is 38.1 Å². The maximum Gasteiger partial charge on any atom is 0.222 e. The van der Waals surface area contributed by atoms with E-state index in [0.29, 0.717) is 12.5 Å². The molecule has 2 atom stereocenters. The average Bonchev–Trinajstić information content (AvgIpc) is 2.51. The first-order valence-electron chi connectivity index (χ1n) is 8.26. The normalized spacial score (nSPS) is 27.0. The first-order chi connectivity index (χ1) is 10.6. The van der Waals surface area contributed by atoms with E-state index in [0.717, 1.165) is 30.9 Å². The van der Waals surface area contributed by atoms with Gasteiger partial charge in [0.2, 0.25) is 5.91 Å². The number of rotatable bonds is 3. The molecule has 1 fully saturated rings. The summed E-state index contributed by atoms with van der Waals surface area (Å²) in [4.78, 5) is 12.4. The lowest BCUT2D eigenvalue weighted by molar-refractivity contribution is -0.122. The smallest absolute Gasteiger partial charge is 0.222 e. The van der Waals surface area contributed by atoms with Crippen LogP contribution < -0.4 is 10.6 Å². The van der Waals surface area contributed by atoms with E-state index in [2.05, 4.69) is 48.7 Å². The van der Waals surface area contributed by atoms with E-state index in [-0.39, 0.29) is 17.4 Å². The summed E-state index contributed by atoms with van der Waals surface area (Å²) in [7, 11) is 0. The van der Waals surface area contributed by atoms with E-state index in [9.17, 15) is 4.79 Å². The van der Waals surface area contributed by atoms with Crippen molar-refractivity contribution < 1.29 is 4.79 Å². The molecule has 120 valence electrons. The molecule has 4 heteroatoms. The first kappa shape index (κ1) is 15.9. The van der Waals surface area contributed by atoms with Crippen LogP contribution in [0, 0.1) is 0 Å². The van der Waals surface area contributed by atoms with Gasteiger partial charge in [-0.2, -0.15) is 11.8 Å². The van der Waals surface area contributed by atoms with Crippen molar-refractivity contribution in [2.45, 2.75) is 50.6 Å². The van der Waals surface area contributed by atoms with Gasteiger partial charge in [0.15, 0.2) is 0 Å². The molecule has 1 aliphatic heterocycles. The van der Waals surface area contributed by atoms with Gasteiger partial charge in [-0.25, -0.2) is 0 Å². The highest BCUT2D eigenvalue weighted by Crippen LogP contribution is 2.41. The van der Waals surface area contributed by atoms with E-state index < -0.39 is 0 Å². The summed E-state index contributed by atoms with van der Waals surface area (Å²) in [5, 5.41) is 6.71. The van der Waals surface area contributed by atoms with Crippen molar-refractivity contribution in [1.82, 2.24) is 10.6 Å². The molecule has 0 radical (unpaired) electrons. The van der Waals surface area contributed by atoms with Gasteiger partial charge < -0.3 is 10.6 Å². The molecule has 0 spiro atoms. The molecule has 0 saturated carbocycles. The molecular formula is C18H26N2OS. The Morgan fingerprint density at radius 3 is 3.00 bits per heavy atom. The Morgan fingerprint density at radius 1 is 1.41 bits per heavy atom. The van der Waals surface area contributed by atoms with Crippen LogP contribution in [0.1, 0.15) is 50.3 Å². The highest BCUT2D eigenvalue weighted by molar-refractivity contribution is 7.99. The van der Waals surface area contributed by atoms with Gasteiger partial charge >= 0.3 is 0 Å². The second kappa shape index (κ2) is 6.63. The van der Waals surface area contributed by atoms with Crippen molar-refractivity contribution in [3.63, 3.8) is 0 Å². The molecular weight excluding hydrogens is 292 g/mol. The minimum Gasteiger partial charge on any atom is -0.349 e. The van der Waals surface area contributed by atoms with Crippen LogP contribution in [-0.4, -0.2) is 30.0 Å². The lowest BCUT2D eigenvalue weighted by Crippen LogP contribution is -2.43. The molecule has 1 aliphatic carbocycles. The highest BCUT2D eigenvalue weighted by Gasteiger charge is 2.33. The molecule has 1 heterocycles. The Balaban J connectivity index is 1.66. The number of amides is 1. The second-order valence-electron chi connectivity index (χ2n) is 7.06. The molecule has 1 amide bonds. The van der Waals surface area contributed by atoms with Gasteiger partial charge in [0.1, 0.15) is 0 Å². The first-order valence-corrected chi connectivity index (χ1v) is 9.41. The largest absolute Gasteiger partial charge is 0.349 e. The van der Waals surface area contributed by atoms with Gasteiger partial charge in [-0.05, 0) is 29.4 Å². The fourth-order valence-corrected chi connectivity index (χ4v) is 4.54. The van der Waals surface area contributed by atoms with Crippen LogP contribution in [0.5, 0.6) is 0 Å². The summed E-state index contributed by atoms with van der Waals surface area (Å²) in [6.07, 6.45) is 2.74.